The van der Waals surface area contributed by atoms with Crippen LogP contribution in [-0.4, -0.2) is 33.3 Å². The van der Waals surface area contributed by atoms with Crippen LogP contribution in [0.2, 0.25) is 5.02 Å². The van der Waals surface area contributed by atoms with E-state index in [0.29, 0.717) is 23.0 Å². The summed E-state index contributed by atoms with van der Waals surface area (Å²) in [6.07, 6.45) is 2.02. The average Bonchev–Trinajstić information content (AvgIpc) is 3.14. The zero-order chi connectivity index (χ0) is 20.5. The Kier molecular flexibility index (Phi) is 5.38. The number of benzene rings is 1. The summed E-state index contributed by atoms with van der Waals surface area (Å²) >= 11 is 6.26. The van der Waals surface area contributed by atoms with Crippen LogP contribution in [0.4, 0.5) is 21.8 Å². The predicted octanol–water partition coefficient (Wildman–Crippen LogP) is 4.07. The van der Waals surface area contributed by atoms with E-state index in [1.165, 1.54) is 0 Å². The molecule has 0 radical (unpaired) electrons. The highest BCUT2D eigenvalue weighted by Gasteiger charge is 2.20. The van der Waals surface area contributed by atoms with E-state index in [1.54, 1.807) is 18.2 Å². The van der Waals surface area contributed by atoms with Gasteiger partial charge in [-0.15, -0.1) is 0 Å². The highest BCUT2D eigenvalue weighted by atomic mass is 35.5. The average molecular weight is 416 g/mol. The molecule has 0 unspecified atom stereocenters. The summed E-state index contributed by atoms with van der Waals surface area (Å²) in [5.41, 5.74) is 10.1. The standard InChI is InChI=1S/C20H23ClFN7/c1-10-7-15(14(22)9-13(10)12-3-5-24-6-4-12)25-20-26-18(17(21)19(23)27-20)16-8-11(2)28-29-16/h7-9,12,24H,3-6H2,1-2H3,(H,28,29)(H3,23,25,26,27). The van der Waals surface area contributed by atoms with Gasteiger partial charge in [-0.25, -0.2) is 9.37 Å². The Labute approximate surface area is 173 Å². The first-order chi connectivity index (χ1) is 13.9. The van der Waals surface area contributed by atoms with Gasteiger partial charge in [0.2, 0.25) is 5.95 Å². The summed E-state index contributed by atoms with van der Waals surface area (Å²) in [7, 11) is 0. The van der Waals surface area contributed by atoms with Crippen LogP contribution >= 0.6 is 11.6 Å². The first-order valence-corrected chi connectivity index (χ1v) is 9.93. The largest absolute Gasteiger partial charge is 0.382 e. The number of aromatic nitrogens is 4. The van der Waals surface area contributed by atoms with Crippen LogP contribution in [0.25, 0.3) is 11.4 Å². The van der Waals surface area contributed by atoms with Gasteiger partial charge in [0.1, 0.15) is 28.0 Å². The minimum absolute atomic E-state index is 0.100. The predicted molar refractivity (Wildman–Crippen MR) is 113 cm³/mol. The molecule has 2 aromatic heterocycles. The quantitative estimate of drug-likeness (QED) is 0.512. The number of hydrogen-bond donors (Lipinski definition) is 4. The van der Waals surface area contributed by atoms with Crippen LogP contribution in [0.15, 0.2) is 18.2 Å². The van der Waals surface area contributed by atoms with Gasteiger partial charge >= 0.3 is 0 Å². The molecule has 5 N–H and O–H groups in total. The maximum absolute atomic E-state index is 14.9. The molecule has 0 spiro atoms. The smallest absolute Gasteiger partial charge is 0.229 e. The van der Waals surface area contributed by atoms with Gasteiger partial charge in [0.25, 0.3) is 0 Å². The Hall–Kier alpha value is -2.71. The lowest BCUT2D eigenvalue weighted by atomic mass is 9.87. The highest BCUT2D eigenvalue weighted by Crippen LogP contribution is 2.34. The van der Waals surface area contributed by atoms with Crippen molar-refractivity contribution in [3.05, 3.63) is 45.9 Å². The second-order valence-electron chi connectivity index (χ2n) is 7.37. The molecule has 3 heterocycles. The summed E-state index contributed by atoms with van der Waals surface area (Å²) < 4.78 is 14.9. The van der Waals surface area contributed by atoms with Crippen molar-refractivity contribution < 1.29 is 4.39 Å². The number of rotatable bonds is 4. The van der Waals surface area contributed by atoms with Crippen LogP contribution in [0.1, 0.15) is 35.6 Å². The molecule has 4 rings (SSSR count). The number of halogens is 2. The van der Waals surface area contributed by atoms with Gasteiger partial charge in [-0.1, -0.05) is 11.6 Å². The second kappa shape index (κ2) is 7.96. The van der Waals surface area contributed by atoms with Crippen molar-refractivity contribution in [1.82, 2.24) is 25.5 Å². The Balaban J connectivity index is 1.65. The van der Waals surface area contributed by atoms with Gasteiger partial charge < -0.3 is 16.4 Å². The van der Waals surface area contributed by atoms with E-state index < -0.39 is 0 Å². The Morgan fingerprint density at radius 3 is 2.62 bits per heavy atom. The normalized spacial score (nSPS) is 14.9. The fourth-order valence-electron chi connectivity index (χ4n) is 3.72. The van der Waals surface area contributed by atoms with Crippen molar-refractivity contribution in [3.8, 4) is 11.4 Å². The number of H-pyrrole nitrogens is 1. The van der Waals surface area contributed by atoms with E-state index in [2.05, 4.69) is 30.8 Å². The fourth-order valence-corrected chi connectivity index (χ4v) is 3.90. The zero-order valence-electron chi connectivity index (χ0n) is 16.3. The monoisotopic (exact) mass is 415 g/mol. The number of piperidine rings is 1. The Morgan fingerprint density at radius 1 is 1.17 bits per heavy atom. The maximum atomic E-state index is 14.9. The summed E-state index contributed by atoms with van der Waals surface area (Å²) in [6, 6.07) is 5.21. The molecule has 0 aliphatic carbocycles. The van der Waals surface area contributed by atoms with Gasteiger partial charge in [0.15, 0.2) is 0 Å². The first-order valence-electron chi connectivity index (χ1n) is 9.55. The van der Waals surface area contributed by atoms with Crippen LogP contribution < -0.4 is 16.4 Å². The number of nitrogens with zero attached hydrogens (tertiary/aromatic N) is 3. The van der Waals surface area contributed by atoms with Gasteiger partial charge in [-0.05, 0) is 75.0 Å². The molecule has 9 heteroatoms. The SMILES string of the molecule is Cc1cc(-c2nc(Nc3cc(C)c(C4CCNCC4)cc3F)nc(N)c2Cl)n[nH]1. The molecule has 7 nitrogen and oxygen atoms in total. The molecule has 0 amide bonds. The van der Waals surface area contributed by atoms with Gasteiger partial charge in [-0.3, -0.25) is 5.10 Å². The minimum atomic E-state index is -0.349. The number of aryl methyl sites for hydroxylation is 2. The van der Waals surface area contributed by atoms with Gasteiger partial charge in [0.05, 0.1) is 5.69 Å². The van der Waals surface area contributed by atoms with Crippen LogP contribution in [0.5, 0.6) is 0 Å². The molecule has 1 aromatic carbocycles. The summed E-state index contributed by atoms with van der Waals surface area (Å²) in [5.74, 6) is 0.286. The molecule has 29 heavy (non-hydrogen) atoms. The lowest BCUT2D eigenvalue weighted by Crippen LogP contribution is -2.27. The van der Waals surface area contributed by atoms with Crippen LogP contribution in [-0.2, 0) is 0 Å². The number of hydrogen-bond acceptors (Lipinski definition) is 6. The molecule has 0 bridgehead atoms. The Bertz CT molecular complexity index is 1040. The molecule has 0 atom stereocenters. The zero-order valence-corrected chi connectivity index (χ0v) is 17.1. The fraction of sp³-hybridized carbons (Fsp3) is 0.350. The van der Waals surface area contributed by atoms with E-state index in [9.17, 15) is 4.39 Å². The van der Waals surface area contributed by atoms with Crippen molar-refractivity contribution in [2.75, 3.05) is 24.1 Å². The molecule has 1 fully saturated rings. The second-order valence-corrected chi connectivity index (χ2v) is 7.75. The summed E-state index contributed by atoms with van der Waals surface area (Å²) in [5, 5.41) is 13.5. The number of anilines is 3. The van der Waals surface area contributed by atoms with Crippen molar-refractivity contribution >= 4 is 29.1 Å². The van der Waals surface area contributed by atoms with Crippen LogP contribution in [0, 0.1) is 19.7 Å². The molecule has 152 valence electrons. The topological polar surface area (TPSA) is 105 Å². The number of nitrogens with one attached hydrogen (secondary N) is 3. The first kappa shape index (κ1) is 19.6. The number of aromatic amines is 1. The maximum Gasteiger partial charge on any atom is 0.229 e. The molecule has 1 aliphatic rings. The number of nitrogen functional groups attached to an aromatic ring is 1. The Morgan fingerprint density at radius 2 is 1.93 bits per heavy atom. The van der Waals surface area contributed by atoms with Crippen molar-refractivity contribution in [1.29, 1.82) is 0 Å². The van der Waals surface area contributed by atoms with E-state index in [4.69, 9.17) is 17.3 Å². The van der Waals surface area contributed by atoms with Gasteiger partial charge in [0, 0.05) is 5.69 Å². The third kappa shape index (κ3) is 4.04. The van der Waals surface area contributed by atoms with Crippen LogP contribution in [0.3, 0.4) is 0 Å². The molecular weight excluding hydrogens is 393 g/mol. The van der Waals surface area contributed by atoms with E-state index >= 15 is 0 Å². The van der Waals surface area contributed by atoms with Crippen molar-refractivity contribution in [2.45, 2.75) is 32.6 Å². The van der Waals surface area contributed by atoms with E-state index in [1.807, 2.05) is 13.8 Å². The molecule has 0 saturated carbocycles. The van der Waals surface area contributed by atoms with Crippen molar-refractivity contribution in [3.63, 3.8) is 0 Å². The van der Waals surface area contributed by atoms with E-state index in [0.717, 1.165) is 42.8 Å². The summed E-state index contributed by atoms with van der Waals surface area (Å²) in [6.45, 7) is 5.78. The lowest BCUT2D eigenvalue weighted by Gasteiger charge is -2.25. The third-order valence-electron chi connectivity index (χ3n) is 5.21. The van der Waals surface area contributed by atoms with Gasteiger partial charge in [-0.2, -0.15) is 10.1 Å². The number of nitrogens with two attached hydrogens (primary N) is 1. The lowest BCUT2D eigenvalue weighted by molar-refractivity contribution is 0.457. The highest BCUT2D eigenvalue weighted by molar-refractivity contribution is 6.35. The third-order valence-corrected chi connectivity index (χ3v) is 5.58. The van der Waals surface area contributed by atoms with E-state index in [-0.39, 0.29) is 22.6 Å². The molecular formula is C20H23ClFN7. The molecule has 1 aliphatic heterocycles. The molecule has 1 saturated heterocycles. The summed E-state index contributed by atoms with van der Waals surface area (Å²) in [4.78, 5) is 8.56. The van der Waals surface area contributed by atoms with Crippen molar-refractivity contribution in [2.24, 2.45) is 0 Å². The molecule has 3 aromatic rings. The minimum Gasteiger partial charge on any atom is -0.382 e.